The minimum absolute atomic E-state index is 0.0737. The van der Waals surface area contributed by atoms with Crippen molar-refractivity contribution in [1.82, 2.24) is 14.9 Å². The van der Waals surface area contributed by atoms with Gasteiger partial charge >= 0.3 is 0 Å². The van der Waals surface area contributed by atoms with E-state index in [9.17, 15) is 4.79 Å². The Morgan fingerprint density at radius 2 is 1.68 bits per heavy atom. The monoisotopic (exact) mass is 369 g/mol. The summed E-state index contributed by atoms with van der Waals surface area (Å²) in [6.45, 7) is 0. The molecule has 0 radical (unpaired) electrons. The molecule has 6 rings (SSSR count). The zero-order valence-corrected chi connectivity index (χ0v) is 15.3. The topological polar surface area (TPSA) is 55.3 Å². The third kappa shape index (κ3) is 2.16. The van der Waals surface area contributed by atoms with Crippen molar-refractivity contribution in [1.29, 1.82) is 0 Å². The third-order valence-corrected chi connectivity index (χ3v) is 6.30. The van der Waals surface area contributed by atoms with Crippen LogP contribution in [0, 0.1) is 0 Å². The Labute approximate surface area is 163 Å². The van der Waals surface area contributed by atoms with Gasteiger partial charge in [0.05, 0.1) is 17.7 Å². The van der Waals surface area contributed by atoms with Crippen molar-refractivity contribution < 1.29 is 9.53 Å². The van der Waals surface area contributed by atoms with Gasteiger partial charge in [-0.2, -0.15) is 0 Å². The lowest BCUT2D eigenvalue weighted by molar-refractivity contribution is -0.135. The van der Waals surface area contributed by atoms with Crippen LogP contribution in [-0.4, -0.2) is 26.8 Å². The second-order valence-electron chi connectivity index (χ2n) is 7.73. The standard InChI is InChI=1S/C23H19N3O2/c27-23(26-14-9-10-19(26)17-12-24-13-25-18(17)11-14)22-15-5-1-3-7-20(15)28-21-8-4-2-6-16(21)22/h1-8,12-14,19,22H,9-11H2. The average Bonchev–Trinajstić information content (AvgIpc) is 3.06. The summed E-state index contributed by atoms with van der Waals surface area (Å²) >= 11 is 0. The summed E-state index contributed by atoms with van der Waals surface area (Å²) in [7, 11) is 0. The number of benzene rings is 2. The van der Waals surface area contributed by atoms with Crippen LogP contribution in [0.5, 0.6) is 11.5 Å². The van der Waals surface area contributed by atoms with Crippen molar-refractivity contribution in [2.75, 3.05) is 0 Å². The molecule has 0 N–H and O–H groups in total. The number of nitrogens with zero attached hydrogens (tertiary/aromatic N) is 3. The lowest BCUT2D eigenvalue weighted by atomic mass is 9.85. The molecule has 3 aliphatic heterocycles. The minimum Gasteiger partial charge on any atom is -0.457 e. The molecule has 2 atom stereocenters. The SMILES string of the molecule is O=C(C1c2ccccc2Oc2ccccc21)N1C2CCC1c1cncnc1C2. The maximum Gasteiger partial charge on any atom is 0.235 e. The Bertz CT molecular complexity index is 1050. The molecule has 3 aliphatic rings. The Balaban J connectivity index is 1.47. The molecular formula is C23H19N3O2. The highest BCUT2D eigenvalue weighted by atomic mass is 16.5. The molecule has 4 heterocycles. The fourth-order valence-electron chi connectivity index (χ4n) is 5.09. The predicted molar refractivity (Wildman–Crippen MR) is 103 cm³/mol. The van der Waals surface area contributed by atoms with E-state index >= 15 is 0 Å². The Morgan fingerprint density at radius 3 is 2.43 bits per heavy atom. The van der Waals surface area contributed by atoms with Crippen molar-refractivity contribution >= 4 is 5.91 Å². The van der Waals surface area contributed by atoms with Crippen molar-refractivity contribution in [2.24, 2.45) is 0 Å². The first-order chi connectivity index (χ1) is 13.8. The molecule has 1 aromatic heterocycles. The van der Waals surface area contributed by atoms with Gasteiger partial charge in [-0.3, -0.25) is 4.79 Å². The summed E-state index contributed by atoms with van der Waals surface area (Å²) in [6.07, 6.45) is 6.30. The first kappa shape index (κ1) is 15.8. The van der Waals surface area contributed by atoms with Crippen molar-refractivity contribution in [3.05, 3.63) is 83.4 Å². The van der Waals surface area contributed by atoms with Crippen molar-refractivity contribution in [2.45, 2.75) is 37.3 Å². The highest BCUT2D eigenvalue weighted by molar-refractivity contribution is 5.90. The van der Waals surface area contributed by atoms with Crippen LogP contribution in [0.25, 0.3) is 0 Å². The number of carbonyl (C=O) groups is 1. The molecule has 5 heteroatoms. The maximum atomic E-state index is 14.0. The van der Waals surface area contributed by atoms with Gasteiger partial charge in [0, 0.05) is 35.3 Å². The largest absolute Gasteiger partial charge is 0.457 e. The van der Waals surface area contributed by atoms with E-state index in [1.54, 1.807) is 6.33 Å². The van der Waals surface area contributed by atoms with Gasteiger partial charge in [-0.1, -0.05) is 36.4 Å². The second-order valence-corrected chi connectivity index (χ2v) is 7.73. The highest BCUT2D eigenvalue weighted by Gasteiger charge is 2.46. The normalized spacial score (nSPS) is 22.1. The van der Waals surface area contributed by atoms with Gasteiger partial charge in [0.15, 0.2) is 0 Å². The average molecular weight is 369 g/mol. The number of fused-ring (bicyclic) bond motifs is 6. The minimum atomic E-state index is -0.338. The summed E-state index contributed by atoms with van der Waals surface area (Å²) < 4.78 is 6.08. The Hall–Kier alpha value is -3.21. The fourth-order valence-corrected chi connectivity index (χ4v) is 5.09. The van der Waals surface area contributed by atoms with Crippen LogP contribution in [0.2, 0.25) is 0 Å². The molecule has 2 unspecified atom stereocenters. The molecule has 1 fully saturated rings. The van der Waals surface area contributed by atoms with E-state index in [2.05, 4.69) is 14.9 Å². The molecule has 3 aromatic rings. The first-order valence-electron chi connectivity index (χ1n) is 9.78. The predicted octanol–water partition coefficient (Wildman–Crippen LogP) is 4.00. The van der Waals surface area contributed by atoms with Crippen LogP contribution in [0.15, 0.2) is 61.1 Å². The smallest absolute Gasteiger partial charge is 0.235 e. The molecule has 2 bridgehead atoms. The van der Waals surface area contributed by atoms with Gasteiger partial charge in [-0.25, -0.2) is 9.97 Å². The van der Waals surface area contributed by atoms with Crippen LogP contribution in [-0.2, 0) is 11.2 Å². The molecule has 0 spiro atoms. The summed E-state index contributed by atoms with van der Waals surface area (Å²) in [5.41, 5.74) is 4.10. The van der Waals surface area contributed by atoms with Crippen LogP contribution >= 0.6 is 0 Å². The molecule has 28 heavy (non-hydrogen) atoms. The number of hydrogen-bond acceptors (Lipinski definition) is 4. The van der Waals surface area contributed by atoms with Crippen molar-refractivity contribution in [3.63, 3.8) is 0 Å². The summed E-state index contributed by atoms with van der Waals surface area (Å²) in [5.74, 6) is 1.36. The number of para-hydroxylation sites is 2. The van der Waals surface area contributed by atoms with Crippen LogP contribution in [0.1, 0.15) is 47.2 Å². The van der Waals surface area contributed by atoms with E-state index in [1.807, 2.05) is 54.7 Å². The van der Waals surface area contributed by atoms with Gasteiger partial charge in [0.2, 0.25) is 5.91 Å². The zero-order chi connectivity index (χ0) is 18.7. The van der Waals surface area contributed by atoms with E-state index in [4.69, 9.17) is 4.74 Å². The number of aromatic nitrogens is 2. The lowest BCUT2D eigenvalue weighted by Crippen LogP contribution is -2.45. The molecule has 0 saturated carbocycles. The molecule has 2 aromatic carbocycles. The lowest BCUT2D eigenvalue weighted by Gasteiger charge is -2.39. The maximum absolute atomic E-state index is 14.0. The van der Waals surface area contributed by atoms with Crippen LogP contribution < -0.4 is 4.74 Å². The summed E-state index contributed by atoms with van der Waals surface area (Å²) in [4.78, 5) is 24.8. The zero-order valence-electron chi connectivity index (χ0n) is 15.3. The first-order valence-corrected chi connectivity index (χ1v) is 9.78. The van der Waals surface area contributed by atoms with E-state index in [0.29, 0.717) is 0 Å². The number of rotatable bonds is 1. The van der Waals surface area contributed by atoms with E-state index in [1.165, 1.54) is 0 Å². The molecule has 1 amide bonds. The fraction of sp³-hybridized carbons (Fsp3) is 0.261. The number of ether oxygens (including phenoxy) is 1. The summed E-state index contributed by atoms with van der Waals surface area (Å²) in [5, 5.41) is 0. The molecular weight excluding hydrogens is 350 g/mol. The molecule has 1 saturated heterocycles. The Kier molecular flexibility index (Phi) is 3.33. The molecule has 138 valence electrons. The molecule has 0 aliphatic carbocycles. The van der Waals surface area contributed by atoms with Gasteiger partial charge in [0.1, 0.15) is 17.8 Å². The van der Waals surface area contributed by atoms with Crippen molar-refractivity contribution in [3.8, 4) is 11.5 Å². The van der Waals surface area contributed by atoms with Gasteiger partial charge in [-0.15, -0.1) is 0 Å². The van der Waals surface area contributed by atoms with E-state index in [0.717, 1.165) is 53.1 Å². The van der Waals surface area contributed by atoms with Gasteiger partial charge in [0.25, 0.3) is 0 Å². The van der Waals surface area contributed by atoms with Crippen LogP contribution in [0.3, 0.4) is 0 Å². The highest BCUT2D eigenvalue weighted by Crippen LogP contribution is 2.49. The van der Waals surface area contributed by atoms with Gasteiger partial charge < -0.3 is 9.64 Å². The number of amides is 1. The van der Waals surface area contributed by atoms with E-state index in [-0.39, 0.29) is 23.9 Å². The molecule has 5 nitrogen and oxygen atoms in total. The summed E-state index contributed by atoms with van der Waals surface area (Å²) in [6, 6.07) is 16.0. The Morgan fingerprint density at radius 1 is 0.964 bits per heavy atom. The van der Waals surface area contributed by atoms with Crippen LogP contribution in [0.4, 0.5) is 0 Å². The van der Waals surface area contributed by atoms with Gasteiger partial charge in [-0.05, 0) is 25.0 Å². The number of carbonyl (C=O) groups excluding carboxylic acids is 1. The van der Waals surface area contributed by atoms with E-state index < -0.39 is 0 Å². The third-order valence-electron chi connectivity index (χ3n) is 6.30. The second kappa shape index (κ2) is 5.89. The quantitative estimate of drug-likeness (QED) is 0.651. The number of hydrogen-bond donors (Lipinski definition) is 0.